The van der Waals surface area contributed by atoms with Gasteiger partial charge in [0, 0.05) is 17.1 Å². The van der Waals surface area contributed by atoms with Crippen LogP contribution >= 0.6 is 15.9 Å². The lowest BCUT2D eigenvalue weighted by Gasteiger charge is -2.21. The van der Waals surface area contributed by atoms with Crippen molar-refractivity contribution in [3.8, 4) is 0 Å². The van der Waals surface area contributed by atoms with Crippen molar-refractivity contribution in [1.82, 2.24) is 5.32 Å². The first kappa shape index (κ1) is 17.0. The molecule has 0 heterocycles. The van der Waals surface area contributed by atoms with E-state index in [1.807, 2.05) is 39.8 Å². The van der Waals surface area contributed by atoms with Crippen molar-refractivity contribution < 1.29 is 9.53 Å². The van der Waals surface area contributed by atoms with E-state index < -0.39 is 11.7 Å². The predicted molar refractivity (Wildman–Crippen MR) is 84.8 cm³/mol. The van der Waals surface area contributed by atoms with Gasteiger partial charge in [-0.25, -0.2) is 4.79 Å². The molecule has 112 valence electrons. The normalized spacial score (nSPS) is 12.9. The summed E-state index contributed by atoms with van der Waals surface area (Å²) in [5.74, 6) is 0. The number of nitrogens with one attached hydrogen (secondary N) is 1. The van der Waals surface area contributed by atoms with Crippen molar-refractivity contribution in [1.29, 1.82) is 0 Å². The highest BCUT2D eigenvalue weighted by Gasteiger charge is 2.16. The molecule has 3 N–H and O–H groups in total. The number of ether oxygens (including phenoxy) is 1. The zero-order chi connectivity index (χ0) is 15.3. The molecule has 1 amide bonds. The van der Waals surface area contributed by atoms with Gasteiger partial charge in [-0.1, -0.05) is 22.0 Å². The minimum atomic E-state index is -0.490. The quantitative estimate of drug-likeness (QED) is 0.883. The molecule has 1 unspecified atom stereocenters. The Morgan fingerprint density at radius 1 is 1.45 bits per heavy atom. The summed E-state index contributed by atoms with van der Waals surface area (Å²) in [6.07, 6.45) is 0.287. The Balaban J connectivity index is 2.44. The van der Waals surface area contributed by atoms with E-state index in [9.17, 15) is 4.79 Å². The van der Waals surface area contributed by atoms with Crippen LogP contribution in [-0.2, 0) is 11.2 Å². The van der Waals surface area contributed by atoms with Gasteiger partial charge in [0.2, 0.25) is 0 Å². The zero-order valence-electron chi connectivity index (χ0n) is 12.5. The maximum atomic E-state index is 11.5. The number of rotatable bonds is 4. The van der Waals surface area contributed by atoms with Crippen LogP contribution in [0, 0.1) is 6.92 Å². The Morgan fingerprint density at radius 3 is 2.65 bits per heavy atom. The summed E-state index contributed by atoms with van der Waals surface area (Å²) in [5.41, 5.74) is 7.93. The van der Waals surface area contributed by atoms with Crippen LogP contribution in [0.1, 0.15) is 31.9 Å². The topological polar surface area (TPSA) is 64.3 Å². The molecule has 5 heteroatoms. The fraction of sp³-hybridized carbons (Fsp3) is 0.533. The Bertz CT molecular complexity index is 469. The number of aryl methyl sites for hydroxylation is 1. The van der Waals surface area contributed by atoms with Crippen molar-refractivity contribution in [2.24, 2.45) is 5.73 Å². The SMILES string of the molecule is Cc1cc(Br)ccc1CC(N)CNC(=O)OC(C)(C)C. The van der Waals surface area contributed by atoms with Crippen LogP contribution in [0.3, 0.4) is 0 Å². The first-order valence-electron chi connectivity index (χ1n) is 6.65. The van der Waals surface area contributed by atoms with Crippen molar-refractivity contribution in [3.05, 3.63) is 33.8 Å². The molecule has 1 rings (SSSR count). The molecule has 1 aromatic rings. The summed E-state index contributed by atoms with van der Waals surface area (Å²) in [6, 6.07) is 5.97. The summed E-state index contributed by atoms with van der Waals surface area (Å²) in [6.45, 7) is 7.94. The molecule has 0 spiro atoms. The molecule has 20 heavy (non-hydrogen) atoms. The van der Waals surface area contributed by atoms with Crippen LogP contribution < -0.4 is 11.1 Å². The number of carbonyl (C=O) groups excluding carboxylic acids is 1. The molecule has 0 radical (unpaired) electrons. The molecular formula is C15H23BrN2O2. The van der Waals surface area contributed by atoms with E-state index >= 15 is 0 Å². The number of hydrogen-bond donors (Lipinski definition) is 2. The number of halogens is 1. The average molecular weight is 343 g/mol. The van der Waals surface area contributed by atoms with Crippen molar-refractivity contribution >= 4 is 22.0 Å². The van der Waals surface area contributed by atoms with Crippen molar-refractivity contribution in [2.45, 2.75) is 45.8 Å². The van der Waals surface area contributed by atoms with Gasteiger partial charge in [-0.15, -0.1) is 0 Å². The largest absolute Gasteiger partial charge is 0.444 e. The first-order chi connectivity index (χ1) is 9.17. The Hall–Kier alpha value is -1.07. The number of nitrogens with two attached hydrogens (primary N) is 1. The average Bonchev–Trinajstić information content (AvgIpc) is 2.28. The highest BCUT2D eigenvalue weighted by atomic mass is 79.9. The van der Waals surface area contributed by atoms with Crippen LogP contribution in [-0.4, -0.2) is 24.3 Å². The van der Waals surface area contributed by atoms with Gasteiger partial charge in [-0.05, 0) is 57.4 Å². The fourth-order valence-electron chi connectivity index (χ4n) is 1.77. The molecule has 0 saturated heterocycles. The standard InChI is InChI=1S/C15H23BrN2O2/c1-10-7-12(16)6-5-11(10)8-13(17)9-18-14(19)20-15(2,3)4/h5-7,13H,8-9,17H2,1-4H3,(H,18,19). The zero-order valence-corrected chi connectivity index (χ0v) is 14.1. The van der Waals surface area contributed by atoms with E-state index in [-0.39, 0.29) is 6.04 Å². The van der Waals surface area contributed by atoms with Gasteiger partial charge in [0.25, 0.3) is 0 Å². The number of amides is 1. The lowest BCUT2D eigenvalue weighted by Crippen LogP contribution is -2.41. The number of hydrogen-bond acceptors (Lipinski definition) is 3. The number of alkyl carbamates (subject to hydrolysis) is 1. The summed E-state index contributed by atoms with van der Waals surface area (Å²) in [4.78, 5) is 11.5. The van der Waals surface area contributed by atoms with E-state index in [0.717, 1.165) is 10.9 Å². The van der Waals surface area contributed by atoms with Crippen LogP contribution in [0.5, 0.6) is 0 Å². The molecule has 0 aromatic heterocycles. The third-order valence-electron chi connectivity index (χ3n) is 2.69. The second-order valence-electron chi connectivity index (χ2n) is 5.92. The van der Waals surface area contributed by atoms with Crippen LogP contribution in [0.15, 0.2) is 22.7 Å². The second kappa shape index (κ2) is 7.09. The summed E-state index contributed by atoms with van der Waals surface area (Å²) in [7, 11) is 0. The Labute approximate surface area is 129 Å². The van der Waals surface area contributed by atoms with Gasteiger partial charge in [0.15, 0.2) is 0 Å². The molecular weight excluding hydrogens is 320 g/mol. The highest BCUT2D eigenvalue weighted by molar-refractivity contribution is 9.10. The number of carbonyl (C=O) groups is 1. The van der Waals surface area contributed by atoms with Crippen molar-refractivity contribution in [2.75, 3.05) is 6.54 Å². The molecule has 0 saturated carbocycles. The maximum Gasteiger partial charge on any atom is 0.407 e. The van der Waals surface area contributed by atoms with Gasteiger partial charge in [0.05, 0.1) is 0 Å². The molecule has 0 aliphatic carbocycles. The summed E-state index contributed by atoms with van der Waals surface area (Å²) < 4.78 is 6.22. The maximum absolute atomic E-state index is 11.5. The third-order valence-corrected chi connectivity index (χ3v) is 3.19. The molecule has 4 nitrogen and oxygen atoms in total. The molecule has 1 atom stereocenters. The van der Waals surface area contributed by atoms with Crippen LogP contribution in [0.2, 0.25) is 0 Å². The van der Waals surface area contributed by atoms with Crippen LogP contribution in [0.4, 0.5) is 4.79 Å². The molecule has 0 aliphatic heterocycles. The lowest BCUT2D eigenvalue weighted by molar-refractivity contribution is 0.0524. The summed E-state index contributed by atoms with van der Waals surface area (Å²) >= 11 is 3.44. The lowest BCUT2D eigenvalue weighted by atomic mass is 10.0. The molecule has 0 bridgehead atoms. The fourth-order valence-corrected chi connectivity index (χ4v) is 2.25. The molecule has 0 aliphatic rings. The van der Waals surface area contributed by atoms with Gasteiger partial charge >= 0.3 is 6.09 Å². The Kier molecular flexibility index (Phi) is 6.02. The monoisotopic (exact) mass is 342 g/mol. The van der Waals surface area contributed by atoms with E-state index in [4.69, 9.17) is 10.5 Å². The van der Waals surface area contributed by atoms with Gasteiger partial charge in [0.1, 0.15) is 5.60 Å². The van der Waals surface area contributed by atoms with Crippen molar-refractivity contribution in [3.63, 3.8) is 0 Å². The highest BCUT2D eigenvalue weighted by Crippen LogP contribution is 2.16. The van der Waals surface area contributed by atoms with E-state index in [1.54, 1.807) is 0 Å². The third kappa shape index (κ3) is 6.39. The predicted octanol–water partition coefficient (Wildman–Crippen LogP) is 3.15. The van der Waals surface area contributed by atoms with Crippen LogP contribution in [0.25, 0.3) is 0 Å². The smallest absolute Gasteiger partial charge is 0.407 e. The first-order valence-corrected chi connectivity index (χ1v) is 7.44. The second-order valence-corrected chi connectivity index (χ2v) is 6.83. The summed E-state index contributed by atoms with van der Waals surface area (Å²) in [5, 5.41) is 2.69. The Morgan fingerprint density at radius 2 is 2.10 bits per heavy atom. The minimum Gasteiger partial charge on any atom is -0.444 e. The van der Waals surface area contributed by atoms with Gasteiger partial charge in [-0.3, -0.25) is 0 Å². The van der Waals surface area contributed by atoms with Gasteiger partial charge in [-0.2, -0.15) is 0 Å². The van der Waals surface area contributed by atoms with E-state index in [2.05, 4.69) is 27.3 Å². The number of benzene rings is 1. The van der Waals surface area contributed by atoms with E-state index in [0.29, 0.717) is 6.54 Å². The van der Waals surface area contributed by atoms with Gasteiger partial charge < -0.3 is 15.8 Å². The molecule has 0 fully saturated rings. The minimum absolute atomic E-state index is 0.137. The molecule has 1 aromatic carbocycles. The van der Waals surface area contributed by atoms with E-state index in [1.165, 1.54) is 11.1 Å².